The number of rotatable bonds is 3. The van der Waals surface area contributed by atoms with Crippen molar-refractivity contribution in [3.05, 3.63) is 35.9 Å². The summed E-state index contributed by atoms with van der Waals surface area (Å²) in [6.07, 6.45) is 2.32. The molecule has 1 unspecified atom stereocenters. The summed E-state index contributed by atoms with van der Waals surface area (Å²) in [4.78, 5) is 0. The van der Waals surface area contributed by atoms with Crippen molar-refractivity contribution in [3.8, 4) is 0 Å². The van der Waals surface area contributed by atoms with E-state index in [-0.39, 0.29) is 0 Å². The minimum atomic E-state index is 0.439. The van der Waals surface area contributed by atoms with Gasteiger partial charge in [-0.15, -0.1) is 5.53 Å². The Morgan fingerprint density at radius 2 is 2.18 bits per heavy atom. The van der Waals surface area contributed by atoms with E-state index in [4.69, 9.17) is 0 Å². The predicted molar refractivity (Wildman–Crippen MR) is 73.2 cm³/mol. The van der Waals surface area contributed by atoms with Crippen molar-refractivity contribution in [2.45, 2.75) is 39.7 Å². The van der Waals surface area contributed by atoms with Gasteiger partial charge in [0, 0.05) is 11.6 Å². The van der Waals surface area contributed by atoms with Gasteiger partial charge in [-0.3, -0.25) is 5.01 Å². The van der Waals surface area contributed by atoms with Crippen molar-refractivity contribution in [3.63, 3.8) is 0 Å². The molecule has 0 aliphatic carbocycles. The average molecular weight is 231 g/mol. The molecular weight excluding hydrogens is 210 g/mol. The summed E-state index contributed by atoms with van der Waals surface area (Å²) in [5.41, 5.74) is 11.0. The second-order valence-electron chi connectivity index (χ2n) is 4.74. The summed E-state index contributed by atoms with van der Waals surface area (Å²) >= 11 is 0. The molecule has 0 saturated heterocycles. The number of anilines is 1. The van der Waals surface area contributed by atoms with E-state index < -0.39 is 0 Å². The Kier molecular flexibility index (Phi) is 3.38. The van der Waals surface area contributed by atoms with Gasteiger partial charge in [0.05, 0.1) is 11.4 Å². The first-order valence-electron chi connectivity index (χ1n) is 6.24. The van der Waals surface area contributed by atoms with E-state index in [1.54, 1.807) is 0 Å². The lowest BCUT2D eigenvalue weighted by Gasteiger charge is -2.38. The van der Waals surface area contributed by atoms with Crippen LogP contribution in [0.25, 0.3) is 5.70 Å². The maximum absolute atomic E-state index is 4.20. The van der Waals surface area contributed by atoms with Gasteiger partial charge in [-0.05, 0) is 32.4 Å². The summed E-state index contributed by atoms with van der Waals surface area (Å²) in [7, 11) is 0. The number of benzene rings is 1. The molecule has 2 rings (SSSR count). The molecule has 0 amide bonds. The van der Waals surface area contributed by atoms with Gasteiger partial charge in [-0.2, -0.15) is 0 Å². The van der Waals surface area contributed by atoms with Crippen LogP contribution in [0.2, 0.25) is 0 Å². The highest BCUT2D eigenvalue weighted by Gasteiger charge is 2.22. The van der Waals surface area contributed by atoms with Crippen molar-refractivity contribution >= 4 is 11.4 Å². The van der Waals surface area contributed by atoms with E-state index in [1.165, 1.54) is 17.5 Å². The molecule has 92 valence electrons. The maximum Gasteiger partial charge on any atom is 0.0599 e. The maximum atomic E-state index is 4.20. The van der Waals surface area contributed by atoms with E-state index in [9.17, 15) is 0 Å². The van der Waals surface area contributed by atoms with E-state index in [0.29, 0.717) is 6.04 Å². The van der Waals surface area contributed by atoms with Crippen molar-refractivity contribution in [2.75, 3.05) is 5.43 Å². The Hall–Kier alpha value is -1.48. The van der Waals surface area contributed by atoms with Gasteiger partial charge in [0.25, 0.3) is 0 Å². The molecule has 1 atom stereocenters. The highest BCUT2D eigenvalue weighted by molar-refractivity contribution is 5.76. The second kappa shape index (κ2) is 4.80. The van der Waals surface area contributed by atoms with Gasteiger partial charge in [0.2, 0.25) is 0 Å². The fourth-order valence-corrected chi connectivity index (χ4v) is 2.25. The van der Waals surface area contributed by atoms with Crippen LogP contribution < -0.4 is 11.0 Å². The van der Waals surface area contributed by atoms with Gasteiger partial charge in [0.1, 0.15) is 0 Å². The number of hydrogen-bond acceptors (Lipinski definition) is 3. The average Bonchev–Trinajstić information content (AvgIpc) is 2.30. The zero-order valence-corrected chi connectivity index (χ0v) is 10.9. The largest absolute Gasteiger partial charge is 0.303 e. The Morgan fingerprint density at radius 1 is 1.41 bits per heavy atom. The summed E-state index contributed by atoms with van der Waals surface area (Å²) in [6, 6.07) is 6.81. The van der Waals surface area contributed by atoms with Gasteiger partial charge in [0.15, 0.2) is 0 Å². The molecule has 0 bridgehead atoms. The van der Waals surface area contributed by atoms with Crippen molar-refractivity contribution < 1.29 is 0 Å². The molecule has 1 aliphatic heterocycles. The van der Waals surface area contributed by atoms with Crippen molar-refractivity contribution in [1.82, 2.24) is 10.5 Å². The molecule has 0 aromatic heterocycles. The van der Waals surface area contributed by atoms with Gasteiger partial charge >= 0.3 is 0 Å². The first-order valence-corrected chi connectivity index (χ1v) is 6.24. The van der Waals surface area contributed by atoms with Crippen LogP contribution in [-0.2, 0) is 0 Å². The first kappa shape index (κ1) is 12.0. The lowest BCUT2D eigenvalue weighted by atomic mass is 10.0. The molecule has 1 aromatic carbocycles. The van der Waals surface area contributed by atoms with Gasteiger partial charge in [-0.25, -0.2) is 0 Å². The Balaban J connectivity index is 2.26. The molecular formula is C14H21N3. The van der Waals surface area contributed by atoms with Crippen LogP contribution in [-0.4, -0.2) is 11.1 Å². The zero-order chi connectivity index (χ0) is 12.4. The van der Waals surface area contributed by atoms with E-state index >= 15 is 0 Å². The molecule has 1 heterocycles. The van der Waals surface area contributed by atoms with Gasteiger partial charge < -0.3 is 5.43 Å². The van der Waals surface area contributed by atoms with Crippen LogP contribution in [0, 0.1) is 6.92 Å². The SMILES string of the molecule is C=C1c2cc(C)ccc2NNN1C(C)CCC. The number of nitrogens with zero attached hydrogens (tertiary/aromatic N) is 1. The minimum absolute atomic E-state index is 0.439. The first-order chi connectivity index (χ1) is 8.13. The fraction of sp³-hybridized carbons (Fsp3) is 0.429. The number of hydrogen-bond donors (Lipinski definition) is 2. The second-order valence-corrected chi connectivity index (χ2v) is 4.74. The van der Waals surface area contributed by atoms with Crippen LogP contribution in [0.3, 0.4) is 0 Å². The van der Waals surface area contributed by atoms with Crippen molar-refractivity contribution in [1.29, 1.82) is 0 Å². The Bertz CT molecular complexity index is 425. The van der Waals surface area contributed by atoms with Crippen LogP contribution >= 0.6 is 0 Å². The third-order valence-electron chi connectivity index (χ3n) is 3.24. The Morgan fingerprint density at radius 3 is 2.88 bits per heavy atom. The monoisotopic (exact) mass is 231 g/mol. The lowest BCUT2D eigenvalue weighted by Crippen LogP contribution is -2.48. The standard InChI is InChI=1S/C14H21N3/c1-5-6-11(3)17-12(4)13-9-10(2)7-8-14(13)15-16-17/h7-9,11,15-16H,4-6H2,1-3H3. The number of fused-ring (bicyclic) bond motifs is 1. The van der Waals surface area contributed by atoms with Crippen LogP contribution in [0.4, 0.5) is 5.69 Å². The molecule has 0 spiro atoms. The lowest BCUT2D eigenvalue weighted by molar-refractivity contribution is 0.228. The molecule has 3 heteroatoms. The fourth-order valence-electron chi connectivity index (χ4n) is 2.25. The molecule has 0 radical (unpaired) electrons. The predicted octanol–water partition coefficient (Wildman–Crippen LogP) is 3.30. The molecule has 1 aliphatic rings. The molecule has 1 aromatic rings. The third-order valence-corrected chi connectivity index (χ3v) is 3.24. The number of aryl methyl sites for hydroxylation is 1. The summed E-state index contributed by atoms with van der Waals surface area (Å²) in [5.74, 6) is 0. The summed E-state index contributed by atoms with van der Waals surface area (Å²) in [6.45, 7) is 10.7. The number of nitrogens with one attached hydrogen (secondary N) is 2. The summed E-state index contributed by atoms with van der Waals surface area (Å²) in [5, 5.41) is 2.12. The number of hydrazine groups is 2. The minimum Gasteiger partial charge on any atom is -0.303 e. The molecule has 2 N–H and O–H groups in total. The quantitative estimate of drug-likeness (QED) is 0.835. The van der Waals surface area contributed by atoms with E-state index in [1.807, 2.05) is 0 Å². The Labute approximate surface area is 103 Å². The molecule has 17 heavy (non-hydrogen) atoms. The van der Waals surface area contributed by atoms with Crippen LogP contribution in [0.5, 0.6) is 0 Å². The molecule has 0 fully saturated rings. The van der Waals surface area contributed by atoms with Crippen LogP contribution in [0.15, 0.2) is 24.8 Å². The van der Waals surface area contributed by atoms with Gasteiger partial charge in [-0.1, -0.05) is 31.6 Å². The topological polar surface area (TPSA) is 27.3 Å². The van der Waals surface area contributed by atoms with E-state index in [0.717, 1.165) is 17.8 Å². The normalized spacial score (nSPS) is 16.4. The smallest absolute Gasteiger partial charge is 0.0599 e. The third kappa shape index (κ3) is 2.29. The highest BCUT2D eigenvalue weighted by atomic mass is 15.7. The molecule has 3 nitrogen and oxygen atoms in total. The van der Waals surface area contributed by atoms with E-state index in [2.05, 4.69) is 61.5 Å². The highest BCUT2D eigenvalue weighted by Crippen LogP contribution is 2.30. The van der Waals surface area contributed by atoms with Crippen LogP contribution in [0.1, 0.15) is 37.8 Å². The molecule has 0 saturated carbocycles. The zero-order valence-electron chi connectivity index (χ0n) is 10.9. The summed E-state index contributed by atoms with van der Waals surface area (Å²) < 4.78 is 0. The van der Waals surface area contributed by atoms with Crippen molar-refractivity contribution in [2.24, 2.45) is 0 Å².